The number of para-hydroxylation sites is 1. The molecule has 1 amide bonds. The van der Waals surface area contributed by atoms with Gasteiger partial charge >= 0.3 is 0 Å². The highest BCUT2D eigenvalue weighted by Gasteiger charge is 2.12. The molecule has 3 nitrogen and oxygen atoms in total. The Hall–Kier alpha value is -2.43. The summed E-state index contributed by atoms with van der Waals surface area (Å²) in [5.74, 6) is -1.80. The third kappa shape index (κ3) is 2.45. The van der Waals surface area contributed by atoms with Gasteiger partial charge in [0.1, 0.15) is 11.6 Å². The van der Waals surface area contributed by atoms with Crippen LogP contribution in [0, 0.1) is 11.6 Å². The first-order valence-electron chi connectivity index (χ1n) is 5.19. The molecule has 0 unspecified atom stereocenters. The smallest absolute Gasteiger partial charge is 0.257 e. The Morgan fingerprint density at radius 2 is 1.83 bits per heavy atom. The first-order chi connectivity index (χ1) is 8.58. The molecule has 0 bridgehead atoms. The third-order valence-corrected chi connectivity index (χ3v) is 2.38. The van der Waals surface area contributed by atoms with E-state index in [0.29, 0.717) is 0 Å². The Bertz CT molecular complexity index is 599. The molecule has 0 radical (unpaired) electrons. The fourth-order valence-electron chi connectivity index (χ4n) is 1.48. The average Bonchev–Trinajstić information content (AvgIpc) is 2.35. The second kappa shape index (κ2) is 4.83. The van der Waals surface area contributed by atoms with Crippen molar-refractivity contribution in [3.63, 3.8) is 0 Å². The van der Waals surface area contributed by atoms with Crippen LogP contribution in [0.4, 0.5) is 20.2 Å². The van der Waals surface area contributed by atoms with Crippen LogP contribution >= 0.6 is 0 Å². The fourth-order valence-corrected chi connectivity index (χ4v) is 1.48. The topological polar surface area (TPSA) is 55.1 Å². The van der Waals surface area contributed by atoms with E-state index in [4.69, 9.17) is 5.73 Å². The van der Waals surface area contributed by atoms with E-state index in [9.17, 15) is 13.6 Å². The zero-order chi connectivity index (χ0) is 13.1. The molecule has 0 aromatic heterocycles. The highest BCUT2D eigenvalue weighted by atomic mass is 19.1. The number of carbonyl (C=O) groups is 1. The summed E-state index contributed by atoms with van der Waals surface area (Å²) in [6.45, 7) is 0. The van der Waals surface area contributed by atoms with Gasteiger partial charge in [-0.15, -0.1) is 0 Å². The van der Waals surface area contributed by atoms with Crippen molar-refractivity contribution in [2.24, 2.45) is 0 Å². The summed E-state index contributed by atoms with van der Waals surface area (Å²) >= 11 is 0. The first kappa shape index (κ1) is 12.0. The van der Waals surface area contributed by atoms with Crippen molar-refractivity contribution >= 4 is 17.3 Å². The molecule has 5 heteroatoms. The normalized spacial score (nSPS) is 10.1. The maximum absolute atomic E-state index is 13.3. The molecular formula is C13H10F2N2O. The molecule has 2 aromatic carbocycles. The molecule has 0 spiro atoms. The third-order valence-electron chi connectivity index (χ3n) is 2.38. The molecule has 0 saturated carbocycles. The van der Waals surface area contributed by atoms with E-state index in [1.165, 1.54) is 24.3 Å². The molecule has 0 aliphatic carbocycles. The van der Waals surface area contributed by atoms with Gasteiger partial charge in [0.2, 0.25) is 0 Å². The highest BCUT2D eigenvalue weighted by Crippen LogP contribution is 2.17. The van der Waals surface area contributed by atoms with E-state index >= 15 is 0 Å². The summed E-state index contributed by atoms with van der Waals surface area (Å²) in [7, 11) is 0. The van der Waals surface area contributed by atoms with Crippen molar-refractivity contribution in [2.75, 3.05) is 11.1 Å². The van der Waals surface area contributed by atoms with Gasteiger partial charge in [-0.3, -0.25) is 4.79 Å². The number of nitrogens with two attached hydrogens (primary N) is 1. The lowest BCUT2D eigenvalue weighted by molar-refractivity contribution is 0.102. The molecule has 0 aliphatic heterocycles. The van der Waals surface area contributed by atoms with Gasteiger partial charge < -0.3 is 11.1 Å². The van der Waals surface area contributed by atoms with Gasteiger partial charge in [-0.1, -0.05) is 12.1 Å². The Morgan fingerprint density at radius 3 is 2.56 bits per heavy atom. The van der Waals surface area contributed by atoms with Crippen LogP contribution in [-0.2, 0) is 0 Å². The largest absolute Gasteiger partial charge is 0.398 e. The summed E-state index contributed by atoms with van der Waals surface area (Å²) in [5, 5.41) is 2.33. The molecule has 92 valence electrons. The van der Waals surface area contributed by atoms with Crippen LogP contribution in [0.25, 0.3) is 0 Å². The number of amides is 1. The fraction of sp³-hybridized carbons (Fsp3) is 0. The van der Waals surface area contributed by atoms with Crippen LogP contribution in [0.3, 0.4) is 0 Å². The van der Waals surface area contributed by atoms with Gasteiger partial charge in [0.25, 0.3) is 5.91 Å². The number of nitrogens with one attached hydrogen (secondary N) is 1. The molecule has 18 heavy (non-hydrogen) atoms. The van der Waals surface area contributed by atoms with E-state index in [0.717, 1.165) is 12.1 Å². The van der Waals surface area contributed by atoms with Gasteiger partial charge in [0.15, 0.2) is 0 Å². The van der Waals surface area contributed by atoms with Crippen LogP contribution in [-0.4, -0.2) is 5.91 Å². The van der Waals surface area contributed by atoms with E-state index in [-0.39, 0.29) is 16.9 Å². The lowest BCUT2D eigenvalue weighted by Crippen LogP contribution is -2.15. The first-order valence-corrected chi connectivity index (χ1v) is 5.19. The lowest BCUT2D eigenvalue weighted by atomic mass is 10.1. The highest BCUT2D eigenvalue weighted by molar-refractivity contribution is 6.07. The van der Waals surface area contributed by atoms with Crippen molar-refractivity contribution in [3.8, 4) is 0 Å². The maximum Gasteiger partial charge on any atom is 0.257 e. The monoisotopic (exact) mass is 248 g/mol. The summed E-state index contributed by atoms with van der Waals surface area (Å²) in [6.07, 6.45) is 0. The Kier molecular flexibility index (Phi) is 3.23. The molecule has 2 aromatic rings. The molecule has 0 atom stereocenters. The van der Waals surface area contributed by atoms with E-state index in [1.54, 1.807) is 6.07 Å². The molecule has 0 heterocycles. The quantitative estimate of drug-likeness (QED) is 0.803. The number of nitrogen functional groups attached to an aromatic ring is 1. The van der Waals surface area contributed by atoms with Crippen LogP contribution in [0.5, 0.6) is 0 Å². The maximum atomic E-state index is 13.3. The van der Waals surface area contributed by atoms with E-state index in [2.05, 4.69) is 5.32 Å². The number of hydrogen-bond acceptors (Lipinski definition) is 2. The number of rotatable bonds is 2. The van der Waals surface area contributed by atoms with Crippen molar-refractivity contribution in [3.05, 3.63) is 59.7 Å². The second-order valence-electron chi connectivity index (χ2n) is 3.67. The number of carbonyl (C=O) groups excluding carboxylic acids is 1. The van der Waals surface area contributed by atoms with Crippen LogP contribution in [0.1, 0.15) is 10.4 Å². The number of halogens is 2. The van der Waals surface area contributed by atoms with Crippen LogP contribution < -0.4 is 11.1 Å². The number of hydrogen-bond donors (Lipinski definition) is 2. The number of benzene rings is 2. The van der Waals surface area contributed by atoms with E-state index in [1.807, 2.05) is 0 Å². The molecule has 0 fully saturated rings. The zero-order valence-corrected chi connectivity index (χ0v) is 9.28. The predicted octanol–water partition coefficient (Wildman–Crippen LogP) is 2.80. The lowest BCUT2D eigenvalue weighted by Gasteiger charge is -2.08. The summed E-state index contributed by atoms with van der Waals surface area (Å²) in [4.78, 5) is 11.8. The van der Waals surface area contributed by atoms with Crippen molar-refractivity contribution in [1.82, 2.24) is 0 Å². The van der Waals surface area contributed by atoms with E-state index < -0.39 is 17.5 Å². The van der Waals surface area contributed by atoms with Crippen molar-refractivity contribution < 1.29 is 13.6 Å². The van der Waals surface area contributed by atoms with Gasteiger partial charge in [0.05, 0.1) is 11.3 Å². The Labute approximate surface area is 102 Å². The molecule has 0 aliphatic rings. The SMILES string of the molecule is Nc1ccc(F)cc1C(=O)Nc1ccccc1F. The minimum Gasteiger partial charge on any atom is -0.398 e. The average molecular weight is 248 g/mol. The van der Waals surface area contributed by atoms with Gasteiger partial charge in [-0.05, 0) is 30.3 Å². The Balaban J connectivity index is 2.28. The zero-order valence-electron chi connectivity index (χ0n) is 9.28. The van der Waals surface area contributed by atoms with Crippen LogP contribution in [0.15, 0.2) is 42.5 Å². The molecular weight excluding hydrogens is 238 g/mol. The standard InChI is InChI=1S/C13H10F2N2O/c14-8-5-6-11(16)9(7-8)13(18)17-12-4-2-1-3-10(12)15/h1-7H,16H2,(H,17,18). The van der Waals surface area contributed by atoms with Gasteiger partial charge in [-0.25, -0.2) is 8.78 Å². The van der Waals surface area contributed by atoms with Gasteiger partial charge in [0, 0.05) is 5.69 Å². The number of anilines is 2. The summed E-state index contributed by atoms with van der Waals surface area (Å²) in [6, 6.07) is 9.13. The van der Waals surface area contributed by atoms with Crippen LogP contribution in [0.2, 0.25) is 0 Å². The molecule has 0 saturated heterocycles. The molecule has 2 rings (SSSR count). The molecule has 3 N–H and O–H groups in total. The van der Waals surface area contributed by atoms with Crippen molar-refractivity contribution in [2.45, 2.75) is 0 Å². The summed E-state index contributed by atoms with van der Waals surface area (Å²) < 4.78 is 26.3. The minimum atomic E-state index is -0.655. The summed E-state index contributed by atoms with van der Waals surface area (Å²) in [5.41, 5.74) is 5.68. The second-order valence-corrected chi connectivity index (χ2v) is 3.67. The van der Waals surface area contributed by atoms with Gasteiger partial charge in [-0.2, -0.15) is 0 Å². The predicted molar refractivity (Wildman–Crippen MR) is 65.2 cm³/mol. The minimum absolute atomic E-state index is 0.0196. The Morgan fingerprint density at radius 1 is 1.11 bits per heavy atom. The van der Waals surface area contributed by atoms with Crippen molar-refractivity contribution in [1.29, 1.82) is 0 Å².